The van der Waals surface area contributed by atoms with Gasteiger partial charge in [0.15, 0.2) is 0 Å². The summed E-state index contributed by atoms with van der Waals surface area (Å²) in [5, 5.41) is 4.20. The summed E-state index contributed by atoms with van der Waals surface area (Å²) in [7, 11) is 0. The number of nitrogens with zero attached hydrogens (tertiary/aromatic N) is 3. The van der Waals surface area contributed by atoms with Crippen molar-refractivity contribution in [2.75, 3.05) is 10.3 Å². The molecular formula is C26H27N5O3. The molecular weight excluding hydrogens is 430 g/mol. The van der Waals surface area contributed by atoms with E-state index >= 15 is 0 Å². The number of anilines is 2. The first-order valence-corrected chi connectivity index (χ1v) is 11.4. The van der Waals surface area contributed by atoms with Gasteiger partial charge >= 0.3 is 0 Å². The Morgan fingerprint density at radius 3 is 2.53 bits per heavy atom. The lowest BCUT2D eigenvalue weighted by Gasteiger charge is -2.38. The van der Waals surface area contributed by atoms with Crippen molar-refractivity contribution >= 4 is 40.4 Å². The van der Waals surface area contributed by atoms with Crippen molar-refractivity contribution in [3.05, 3.63) is 66.2 Å². The summed E-state index contributed by atoms with van der Waals surface area (Å²) in [6.07, 6.45) is 4.99. The summed E-state index contributed by atoms with van der Waals surface area (Å²) in [5.74, 6) is -0.975. The minimum atomic E-state index is -0.386. The second kappa shape index (κ2) is 8.13. The molecule has 2 atom stereocenters. The zero-order chi connectivity index (χ0) is 24.0. The summed E-state index contributed by atoms with van der Waals surface area (Å²) in [6, 6.07) is 14.4. The largest absolute Gasteiger partial charge is 0.305 e. The number of aromatic nitrogens is 2. The Morgan fingerprint density at radius 1 is 1.03 bits per heavy atom. The molecule has 2 heterocycles. The summed E-state index contributed by atoms with van der Waals surface area (Å²) < 4.78 is 2.00. The highest BCUT2D eigenvalue weighted by Gasteiger charge is 2.42. The summed E-state index contributed by atoms with van der Waals surface area (Å²) in [4.78, 5) is 43.5. The van der Waals surface area contributed by atoms with Gasteiger partial charge in [0.05, 0.1) is 28.6 Å². The summed E-state index contributed by atoms with van der Waals surface area (Å²) in [6.45, 7) is 6.15. The third kappa shape index (κ3) is 3.75. The molecule has 8 nitrogen and oxygen atoms in total. The van der Waals surface area contributed by atoms with Crippen LogP contribution in [0.25, 0.3) is 11.0 Å². The number of carbonyl (C=O) groups excluding carboxylic acids is 3. The smallest absolute Gasteiger partial charge is 0.258 e. The molecule has 0 radical (unpaired) electrons. The fraction of sp³-hybridized carbons (Fsp3) is 0.308. The van der Waals surface area contributed by atoms with E-state index in [1.165, 1.54) is 5.01 Å². The number of rotatable bonds is 3. The van der Waals surface area contributed by atoms with Gasteiger partial charge in [0.25, 0.3) is 5.91 Å². The van der Waals surface area contributed by atoms with Gasteiger partial charge in [0, 0.05) is 11.1 Å². The monoisotopic (exact) mass is 457 g/mol. The van der Waals surface area contributed by atoms with E-state index in [-0.39, 0.29) is 35.1 Å². The number of benzene rings is 2. The van der Waals surface area contributed by atoms with E-state index in [0.29, 0.717) is 30.0 Å². The number of allylic oxidation sites excluding steroid dienone is 2. The first-order chi connectivity index (χ1) is 16.2. The van der Waals surface area contributed by atoms with Crippen LogP contribution < -0.4 is 15.8 Å². The van der Waals surface area contributed by atoms with Gasteiger partial charge in [-0.15, -0.1) is 0 Å². The van der Waals surface area contributed by atoms with E-state index in [0.717, 1.165) is 11.0 Å². The molecule has 174 valence electrons. The van der Waals surface area contributed by atoms with Crippen molar-refractivity contribution in [1.82, 2.24) is 15.0 Å². The Hall–Kier alpha value is -3.94. The van der Waals surface area contributed by atoms with Gasteiger partial charge in [0.2, 0.25) is 17.8 Å². The van der Waals surface area contributed by atoms with Crippen molar-refractivity contribution in [2.24, 2.45) is 11.8 Å². The van der Waals surface area contributed by atoms with Crippen LogP contribution in [0, 0.1) is 11.8 Å². The van der Waals surface area contributed by atoms with Crippen LogP contribution in [-0.2, 0) is 15.1 Å². The highest BCUT2D eigenvalue weighted by molar-refractivity contribution is 6.07. The molecule has 8 heteroatoms. The molecule has 1 aromatic heterocycles. The molecule has 1 aliphatic carbocycles. The number of fused-ring (bicyclic) bond motifs is 2. The third-order valence-electron chi connectivity index (χ3n) is 6.35. The highest BCUT2D eigenvalue weighted by Crippen LogP contribution is 2.33. The second-order valence-electron chi connectivity index (χ2n) is 9.74. The maximum absolute atomic E-state index is 13.2. The Balaban J connectivity index is 1.44. The number of hydrogen-bond acceptors (Lipinski definition) is 4. The van der Waals surface area contributed by atoms with Gasteiger partial charge in [-0.1, -0.05) is 30.4 Å². The van der Waals surface area contributed by atoms with E-state index in [2.05, 4.69) is 36.5 Å². The Bertz CT molecular complexity index is 1330. The fourth-order valence-electron chi connectivity index (χ4n) is 4.73. The van der Waals surface area contributed by atoms with Crippen LogP contribution >= 0.6 is 0 Å². The number of hydrogen-bond donors (Lipinski definition) is 2. The van der Waals surface area contributed by atoms with Gasteiger partial charge in [-0.2, -0.15) is 0 Å². The van der Waals surface area contributed by atoms with E-state index in [9.17, 15) is 14.4 Å². The average molecular weight is 458 g/mol. The summed E-state index contributed by atoms with van der Waals surface area (Å²) >= 11 is 0. The van der Waals surface area contributed by atoms with Crippen LogP contribution in [-0.4, -0.2) is 27.3 Å². The topological polar surface area (TPSA) is 96.3 Å². The lowest BCUT2D eigenvalue weighted by atomic mass is 9.80. The molecule has 1 aliphatic heterocycles. The Labute approximate surface area is 197 Å². The number of para-hydroxylation sites is 2. The Kier molecular flexibility index (Phi) is 5.23. The predicted octanol–water partition coefficient (Wildman–Crippen LogP) is 4.00. The maximum Gasteiger partial charge on any atom is 0.258 e. The molecule has 3 amide bonds. The standard InChI is InChI=1S/C26H27N5O3/c1-26(2,3)30-21-14-7-6-13-20(21)27-25(30)28-22(32)16-9-8-10-17(15-16)31-24(34)19-12-5-4-11-18(19)23(33)29-31/h4-10,13-15,18-19H,11-12H2,1-3H3,(H,29,33)(H,27,28,32)/t18-,19-/m0/s1. The first-order valence-electron chi connectivity index (χ1n) is 11.4. The number of amides is 3. The van der Waals surface area contributed by atoms with Crippen LogP contribution in [0.2, 0.25) is 0 Å². The van der Waals surface area contributed by atoms with Gasteiger partial charge < -0.3 is 4.57 Å². The molecule has 0 saturated carbocycles. The van der Waals surface area contributed by atoms with Crippen molar-refractivity contribution in [3.63, 3.8) is 0 Å². The minimum absolute atomic E-state index is 0.166. The molecule has 0 bridgehead atoms. The lowest BCUT2D eigenvalue weighted by molar-refractivity contribution is -0.139. The molecule has 2 aromatic carbocycles. The number of imidazole rings is 1. The van der Waals surface area contributed by atoms with Crippen LogP contribution in [0.3, 0.4) is 0 Å². The molecule has 2 N–H and O–H groups in total. The molecule has 2 aliphatic rings. The summed E-state index contributed by atoms with van der Waals surface area (Å²) in [5.41, 5.74) is 4.92. The van der Waals surface area contributed by atoms with Crippen LogP contribution in [0.15, 0.2) is 60.7 Å². The van der Waals surface area contributed by atoms with Gasteiger partial charge in [-0.25, -0.2) is 9.99 Å². The third-order valence-corrected chi connectivity index (χ3v) is 6.35. The van der Waals surface area contributed by atoms with E-state index in [1.54, 1.807) is 24.3 Å². The van der Waals surface area contributed by atoms with E-state index in [1.807, 2.05) is 41.0 Å². The lowest BCUT2D eigenvalue weighted by Crippen LogP contribution is -2.59. The predicted molar refractivity (Wildman–Crippen MR) is 130 cm³/mol. The normalized spacial score (nSPS) is 20.3. The zero-order valence-corrected chi connectivity index (χ0v) is 19.4. The second-order valence-corrected chi connectivity index (χ2v) is 9.74. The fourth-order valence-corrected chi connectivity index (χ4v) is 4.73. The van der Waals surface area contributed by atoms with Crippen LogP contribution in [0.1, 0.15) is 44.0 Å². The maximum atomic E-state index is 13.2. The number of carbonyl (C=O) groups is 3. The molecule has 1 saturated heterocycles. The SMILES string of the molecule is CC(C)(C)n1c(NC(=O)c2cccc(N3NC(=O)[C@H]4CC=CC[C@@H]4C3=O)c2)nc2ccccc21. The van der Waals surface area contributed by atoms with E-state index < -0.39 is 0 Å². The van der Waals surface area contributed by atoms with Gasteiger partial charge in [-0.05, 0) is 63.9 Å². The Morgan fingerprint density at radius 2 is 1.76 bits per heavy atom. The van der Waals surface area contributed by atoms with Crippen molar-refractivity contribution in [1.29, 1.82) is 0 Å². The van der Waals surface area contributed by atoms with Gasteiger partial charge in [0.1, 0.15) is 0 Å². The van der Waals surface area contributed by atoms with E-state index in [4.69, 9.17) is 0 Å². The molecule has 1 fully saturated rings. The van der Waals surface area contributed by atoms with Crippen molar-refractivity contribution in [3.8, 4) is 0 Å². The van der Waals surface area contributed by atoms with Crippen molar-refractivity contribution < 1.29 is 14.4 Å². The van der Waals surface area contributed by atoms with Crippen LogP contribution in [0.4, 0.5) is 11.6 Å². The number of hydrazine groups is 1. The van der Waals surface area contributed by atoms with Crippen molar-refractivity contribution in [2.45, 2.75) is 39.2 Å². The molecule has 34 heavy (non-hydrogen) atoms. The quantitative estimate of drug-likeness (QED) is 0.581. The minimum Gasteiger partial charge on any atom is -0.305 e. The zero-order valence-electron chi connectivity index (χ0n) is 19.4. The molecule has 0 spiro atoms. The average Bonchev–Trinajstić information content (AvgIpc) is 3.20. The molecule has 3 aromatic rings. The first kappa shape index (κ1) is 21.9. The molecule has 5 rings (SSSR count). The van der Waals surface area contributed by atoms with Crippen LogP contribution in [0.5, 0.6) is 0 Å². The van der Waals surface area contributed by atoms with Gasteiger partial charge in [-0.3, -0.25) is 25.1 Å². The highest BCUT2D eigenvalue weighted by atomic mass is 16.2. The number of nitrogens with one attached hydrogen (secondary N) is 2. The molecule has 0 unspecified atom stereocenters.